The number of nitrogens with zero attached hydrogens (tertiary/aromatic N) is 1. The summed E-state index contributed by atoms with van der Waals surface area (Å²) in [5.74, 6) is 1.57. The largest absolute Gasteiger partial charge is 1.00 e. The van der Waals surface area contributed by atoms with Crippen molar-refractivity contribution in [2.75, 3.05) is 19.0 Å². The molecule has 23 heavy (non-hydrogen) atoms. The second-order valence-electron chi connectivity index (χ2n) is 5.87. The second-order valence-corrected chi connectivity index (χ2v) is 6.73. The minimum absolute atomic E-state index is 0. The van der Waals surface area contributed by atoms with Gasteiger partial charge in [-0.05, 0) is 50.3 Å². The van der Waals surface area contributed by atoms with Crippen LogP contribution >= 0.6 is 23.7 Å². The van der Waals surface area contributed by atoms with Gasteiger partial charge in [-0.3, -0.25) is 0 Å². The fourth-order valence-electron chi connectivity index (χ4n) is 2.97. The quantitative estimate of drug-likeness (QED) is 0.834. The highest BCUT2D eigenvalue weighted by Gasteiger charge is 2.20. The lowest BCUT2D eigenvalue weighted by Crippen LogP contribution is -2.29. The van der Waals surface area contributed by atoms with Gasteiger partial charge in [-0.1, -0.05) is 12.1 Å². The third-order valence-corrected chi connectivity index (χ3v) is 5.15. The minimum atomic E-state index is 0. The number of nitrogens with two attached hydrogens (primary N) is 1. The van der Waals surface area contributed by atoms with Gasteiger partial charge >= 0.3 is 2.85 Å². The third kappa shape index (κ3) is 4.59. The van der Waals surface area contributed by atoms with E-state index in [2.05, 4.69) is 16.8 Å². The zero-order valence-electron chi connectivity index (χ0n) is 15.3. The van der Waals surface area contributed by atoms with Crippen molar-refractivity contribution in [3.8, 4) is 17.0 Å². The number of halogens is 1. The van der Waals surface area contributed by atoms with Gasteiger partial charge in [0.05, 0.1) is 12.8 Å². The number of hydrogen-bond acceptors (Lipinski definition) is 5. The monoisotopic (exact) mass is 355 g/mol. The molecule has 0 atom stereocenters. The number of ether oxygens (including phenoxy) is 1. The summed E-state index contributed by atoms with van der Waals surface area (Å²) in [7, 11) is 1.69. The molecule has 126 valence electrons. The van der Waals surface area contributed by atoms with Crippen LogP contribution in [0, 0.1) is 5.92 Å². The standard InChI is InChI=1S/C17H23N3OS.ClH/c1-21-15-4-2-3-13(9-15)16-11-22-17(20-16)19-14-7-5-12(10-18)6-8-14;/h2-4,9,11-12,14H,5-8,10,18H2,1H3,(H,19,20);1H/p+2. The Morgan fingerprint density at radius 3 is 2.83 bits per heavy atom. The Labute approximate surface area is 150 Å². The van der Waals surface area contributed by atoms with Crippen LogP contribution in [0.15, 0.2) is 29.6 Å². The third-order valence-electron chi connectivity index (χ3n) is 4.38. The van der Waals surface area contributed by atoms with Gasteiger partial charge in [0, 0.05) is 17.0 Å². The maximum Gasteiger partial charge on any atom is 1.00 e. The first kappa shape index (κ1) is 18.0. The molecule has 1 aliphatic rings. The smallest absolute Gasteiger partial charge is 0.497 e. The molecule has 1 aliphatic carbocycles. The van der Waals surface area contributed by atoms with Crippen molar-refractivity contribution < 1.29 is 7.59 Å². The molecule has 0 radical (unpaired) electrons. The van der Waals surface area contributed by atoms with Gasteiger partial charge in [0.1, 0.15) is 5.75 Å². The van der Waals surface area contributed by atoms with E-state index in [0.717, 1.165) is 28.7 Å². The molecular weight excluding hydrogens is 330 g/mol. The molecule has 1 aromatic heterocycles. The van der Waals surface area contributed by atoms with Crippen LogP contribution < -0.4 is 15.8 Å². The Morgan fingerprint density at radius 2 is 2.13 bits per heavy atom. The van der Waals surface area contributed by atoms with Gasteiger partial charge in [0.2, 0.25) is 0 Å². The Kier molecular flexibility index (Phi) is 6.69. The number of nitrogens with one attached hydrogen (secondary N) is 1. The number of thiazole rings is 1. The molecule has 0 unspecified atom stereocenters. The molecule has 1 heterocycles. The molecule has 1 aromatic carbocycles. The first-order valence-electron chi connectivity index (χ1n) is 7.85. The number of hydrogen-bond donors (Lipinski definition) is 2. The van der Waals surface area contributed by atoms with E-state index in [1.165, 1.54) is 25.7 Å². The van der Waals surface area contributed by atoms with Crippen molar-refractivity contribution in [2.24, 2.45) is 11.7 Å². The zero-order valence-corrected chi connectivity index (χ0v) is 15.0. The summed E-state index contributed by atoms with van der Waals surface area (Å²) in [5.41, 5.74) is 7.85. The first-order valence-corrected chi connectivity index (χ1v) is 8.73. The van der Waals surface area contributed by atoms with E-state index in [1.54, 1.807) is 18.4 Å². The lowest BCUT2D eigenvalue weighted by Gasteiger charge is -2.28. The molecule has 1 fully saturated rings. The Hall–Kier alpha value is -1.30. The molecule has 1 saturated carbocycles. The van der Waals surface area contributed by atoms with E-state index in [-0.39, 0.29) is 15.3 Å². The van der Waals surface area contributed by atoms with Crippen molar-refractivity contribution in [1.82, 2.24) is 4.98 Å². The van der Waals surface area contributed by atoms with Crippen LogP contribution in [0.5, 0.6) is 5.75 Å². The lowest BCUT2D eigenvalue weighted by molar-refractivity contribution is 0.345. The highest BCUT2D eigenvalue weighted by molar-refractivity contribution is 7.14. The van der Waals surface area contributed by atoms with Crippen LogP contribution in [0.1, 0.15) is 28.5 Å². The van der Waals surface area contributed by atoms with Gasteiger partial charge in [-0.25, -0.2) is 4.98 Å². The van der Waals surface area contributed by atoms with Crippen LogP contribution in [0.3, 0.4) is 0 Å². The van der Waals surface area contributed by atoms with Crippen LogP contribution in [0.25, 0.3) is 11.3 Å². The Morgan fingerprint density at radius 1 is 1.35 bits per heavy atom. The predicted molar refractivity (Wildman–Crippen MR) is 102 cm³/mol. The number of anilines is 1. The van der Waals surface area contributed by atoms with Gasteiger partial charge in [0.25, 0.3) is 0 Å². The molecular formula is C17H26ClN3OS+2. The predicted octanol–water partition coefficient (Wildman–Crippen LogP) is 4.39. The molecule has 0 saturated heterocycles. The van der Waals surface area contributed by atoms with Crippen molar-refractivity contribution in [3.05, 3.63) is 29.6 Å². The summed E-state index contributed by atoms with van der Waals surface area (Å²) in [5, 5.41) is 6.69. The fraction of sp³-hybridized carbons (Fsp3) is 0.471. The van der Waals surface area contributed by atoms with E-state index in [0.29, 0.717) is 12.0 Å². The molecule has 4 nitrogen and oxygen atoms in total. The summed E-state index contributed by atoms with van der Waals surface area (Å²) < 4.78 is 5.28. The maximum absolute atomic E-state index is 5.75. The van der Waals surface area contributed by atoms with Crippen LogP contribution in [-0.2, 0) is 0 Å². The Bertz CT molecular complexity index is 621. The molecule has 0 bridgehead atoms. The van der Waals surface area contributed by atoms with Gasteiger partial charge in [0.15, 0.2) is 5.13 Å². The minimum Gasteiger partial charge on any atom is -0.497 e. The maximum atomic E-state index is 5.75. The van der Waals surface area contributed by atoms with Crippen LogP contribution in [-0.4, -0.2) is 24.7 Å². The average molecular weight is 356 g/mol. The molecule has 0 amide bonds. The molecule has 0 aliphatic heterocycles. The number of methoxy groups -OCH3 is 1. The van der Waals surface area contributed by atoms with E-state index in [4.69, 9.17) is 15.5 Å². The number of benzene rings is 1. The summed E-state index contributed by atoms with van der Waals surface area (Å²) in [6.45, 7) is 0.823. The normalized spacial score (nSPS) is 20.6. The van der Waals surface area contributed by atoms with Gasteiger partial charge in [-0.15, -0.1) is 23.7 Å². The Balaban J connectivity index is 0.00000192. The summed E-state index contributed by atoms with van der Waals surface area (Å²) >= 11 is 1.67. The first-order chi connectivity index (χ1) is 10.8. The van der Waals surface area contributed by atoms with Crippen LogP contribution in [0.4, 0.5) is 5.13 Å². The van der Waals surface area contributed by atoms with Crippen LogP contribution in [0.2, 0.25) is 0 Å². The summed E-state index contributed by atoms with van der Waals surface area (Å²) in [6, 6.07) is 8.56. The lowest BCUT2D eigenvalue weighted by atomic mass is 9.86. The fourth-order valence-corrected chi connectivity index (χ4v) is 3.77. The number of rotatable bonds is 5. The van der Waals surface area contributed by atoms with E-state index in [1.807, 2.05) is 18.2 Å². The molecule has 0 spiro atoms. The van der Waals surface area contributed by atoms with E-state index in [9.17, 15) is 0 Å². The summed E-state index contributed by atoms with van der Waals surface area (Å²) in [6.07, 6.45) is 4.83. The highest BCUT2D eigenvalue weighted by Crippen LogP contribution is 2.30. The SMILES string of the molecule is COc1cccc(-c2csc(NC3CCC(CN)CC3)n2)c1.Cl.[H+].[H+]. The van der Waals surface area contributed by atoms with Crippen molar-refractivity contribution >= 4 is 28.9 Å². The molecule has 6 heteroatoms. The van der Waals surface area contributed by atoms with E-state index < -0.39 is 0 Å². The zero-order chi connectivity index (χ0) is 15.4. The van der Waals surface area contributed by atoms with Crippen molar-refractivity contribution in [2.45, 2.75) is 31.7 Å². The van der Waals surface area contributed by atoms with Crippen molar-refractivity contribution in [1.29, 1.82) is 0 Å². The van der Waals surface area contributed by atoms with Gasteiger partial charge in [-0.2, -0.15) is 0 Å². The molecule has 3 N–H and O–H groups in total. The second kappa shape index (κ2) is 8.52. The topological polar surface area (TPSA) is 60.2 Å². The molecule has 3 rings (SSSR count). The van der Waals surface area contributed by atoms with Gasteiger partial charge < -0.3 is 15.8 Å². The van der Waals surface area contributed by atoms with E-state index >= 15 is 0 Å². The molecule has 2 aromatic rings. The number of aromatic nitrogens is 1. The summed E-state index contributed by atoms with van der Waals surface area (Å²) in [4.78, 5) is 4.72. The average Bonchev–Trinajstić information content (AvgIpc) is 3.04. The highest BCUT2D eigenvalue weighted by atomic mass is 35.5. The van der Waals surface area contributed by atoms with Crippen molar-refractivity contribution in [3.63, 3.8) is 0 Å².